The molecule has 12 heteroatoms. The normalized spacial score (nSPS) is 11.7. The minimum Gasteiger partial charge on any atom is -0.508 e. The maximum Gasteiger partial charge on any atom is 0.336 e. The number of unbranched alkanes of at least 4 members (excludes halogenated alkanes) is 3. The number of hydrogen-bond donors (Lipinski definition) is 4. The number of aromatic carboxylic acids is 1. The first kappa shape index (κ1) is 32.4. The molecule has 3 aromatic carbocycles. The molecule has 6 rings (SSSR count). The molecular weight excluding hydrogens is 634 g/mol. The number of fused-ring (bicyclic) bond motifs is 3. The van der Waals surface area contributed by atoms with Gasteiger partial charge in [-0.15, -0.1) is 0 Å². The Balaban J connectivity index is 1.07. The van der Waals surface area contributed by atoms with Crippen molar-refractivity contribution in [3.05, 3.63) is 112 Å². The topological polar surface area (TPSA) is 176 Å². The maximum atomic E-state index is 13.0. The van der Waals surface area contributed by atoms with E-state index in [-0.39, 0.29) is 45.1 Å². The number of carboxylic acid groups (broad SMARTS) is 1. The van der Waals surface area contributed by atoms with Crippen molar-refractivity contribution in [2.45, 2.75) is 30.6 Å². The summed E-state index contributed by atoms with van der Waals surface area (Å²) in [7, 11) is -3.72. The van der Waals surface area contributed by atoms with Crippen LogP contribution >= 0.6 is 0 Å². The smallest absolute Gasteiger partial charge is 0.336 e. The Morgan fingerprint density at radius 3 is 2.42 bits per heavy atom. The first-order chi connectivity index (χ1) is 23.1. The largest absolute Gasteiger partial charge is 0.508 e. The van der Waals surface area contributed by atoms with Gasteiger partial charge in [-0.05, 0) is 66.9 Å². The Morgan fingerprint density at radius 2 is 1.60 bits per heavy atom. The number of nitrogens with one attached hydrogen (secondary N) is 2. The number of carboxylic acids is 1. The lowest BCUT2D eigenvalue weighted by atomic mass is 9.90. The molecule has 2 heterocycles. The third-order valence-electron chi connectivity index (χ3n) is 8.02. The third kappa shape index (κ3) is 6.75. The number of carbonyl (C=O) groups excluding carboxylic acids is 1. The average molecular weight is 666 g/mol. The summed E-state index contributed by atoms with van der Waals surface area (Å²) in [6, 6.07) is 21.7. The lowest BCUT2D eigenvalue weighted by Gasteiger charge is -2.17. The average Bonchev–Trinajstić information content (AvgIpc) is 3.07. The molecule has 0 fully saturated rings. The number of benzene rings is 4. The van der Waals surface area contributed by atoms with Crippen molar-refractivity contribution in [2.75, 3.05) is 13.1 Å². The van der Waals surface area contributed by atoms with E-state index >= 15 is 0 Å². The van der Waals surface area contributed by atoms with E-state index in [1.54, 1.807) is 42.6 Å². The fraction of sp³-hybridized carbons (Fsp3) is 0.167. The van der Waals surface area contributed by atoms with Crippen molar-refractivity contribution in [2.24, 2.45) is 0 Å². The van der Waals surface area contributed by atoms with Gasteiger partial charge in [0.05, 0.1) is 11.1 Å². The van der Waals surface area contributed by atoms with Gasteiger partial charge >= 0.3 is 5.97 Å². The second-order valence-electron chi connectivity index (χ2n) is 11.3. The van der Waals surface area contributed by atoms with Gasteiger partial charge in [-0.1, -0.05) is 37.1 Å². The van der Waals surface area contributed by atoms with Crippen LogP contribution in [0.3, 0.4) is 0 Å². The van der Waals surface area contributed by atoms with Crippen LogP contribution < -0.4 is 15.5 Å². The Hall–Kier alpha value is -5.59. The van der Waals surface area contributed by atoms with E-state index in [1.807, 2.05) is 12.1 Å². The van der Waals surface area contributed by atoms with Gasteiger partial charge in [0.2, 0.25) is 10.0 Å². The summed E-state index contributed by atoms with van der Waals surface area (Å²) in [4.78, 5) is 41.8. The van der Waals surface area contributed by atoms with E-state index in [0.717, 1.165) is 18.2 Å². The zero-order chi connectivity index (χ0) is 33.8. The van der Waals surface area contributed by atoms with Crippen LogP contribution in [-0.4, -0.2) is 48.6 Å². The molecule has 2 aliphatic rings. The number of para-hydroxylation sites is 1. The quantitative estimate of drug-likeness (QED) is 0.0932. The Kier molecular flexibility index (Phi) is 9.19. The van der Waals surface area contributed by atoms with Gasteiger partial charge in [0.25, 0.3) is 5.91 Å². The van der Waals surface area contributed by atoms with Gasteiger partial charge in [-0.3, -0.25) is 14.6 Å². The lowest BCUT2D eigenvalue weighted by molar-refractivity contribution is 0.0697. The number of amides is 1. The predicted octanol–water partition coefficient (Wildman–Crippen LogP) is 5.79. The molecule has 1 aliphatic heterocycles. The van der Waals surface area contributed by atoms with Crippen molar-refractivity contribution in [1.29, 1.82) is 0 Å². The highest BCUT2D eigenvalue weighted by Gasteiger charge is 2.23. The first-order valence-corrected chi connectivity index (χ1v) is 16.8. The Labute approximate surface area is 275 Å². The summed E-state index contributed by atoms with van der Waals surface area (Å²) < 4.78 is 34.2. The summed E-state index contributed by atoms with van der Waals surface area (Å²) in [5.41, 5.74) is 1.77. The minimum atomic E-state index is -3.72. The standard InChI is InChI=1S/C36H31N3O8S/c40-24-11-14-27-30(20-24)47-31-21-25(41)12-15-28(31)33(27)26-13-10-23(19-29(26)36(43)44)35(42)38-16-3-1-2-4-18-39-48(45,46)32-9-5-7-22-8-6-17-37-34(22)32/h5-15,17,19-21,39-40H,1-4,16,18H2,(H,38,42)(H,43,44). The SMILES string of the molecule is O=C(NCCCCCCNS(=O)(=O)c1cccc2cccnc12)c1ccc(-c2c3ccc(=O)cc-3oc3cc(O)ccc23)c(C(=O)O)c1. The minimum absolute atomic E-state index is 0.0559. The molecule has 0 atom stereocenters. The van der Waals surface area contributed by atoms with Crippen LogP contribution in [0, 0.1) is 0 Å². The Morgan fingerprint density at radius 1 is 0.833 bits per heavy atom. The van der Waals surface area contributed by atoms with E-state index in [2.05, 4.69) is 15.0 Å². The van der Waals surface area contributed by atoms with Gasteiger partial charge in [0, 0.05) is 58.9 Å². The molecule has 48 heavy (non-hydrogen) atoms. The van der Waals surface area contributed by atoms with Crippen molar-refractivity contribution in [1.82, 2.24) is 15.0 Å². The van der Waals surface area contributed by atoms with Crippen LogP contribution in [0.5, 0.6) is 5.75 Å². The second-order valence-corrected chi connectivity index (χ2v) is 13.0. The summed E-state index contributed by atoms with van der Waals surface area (Å²) in [5.74, 6) is -1.50. The molecule has 0 saturated carbocycles. The molecule has 4 N–H and O–H groups in total. The number of carbonyl (C=O) groups is 2. The lowest BCUT2D eigenvalue weighted by Crippen LogP contribution is -2.25. The van der Waals surface area contributed by atoms with Crippen molar-refractivity contribution in [3.63, 3.8) is 0 Å². The fourth-order valence-electron chi connectivity index (χ4n) is 5.71. The summed E-state index contributed by atoms with van der Waals surface area (Å²) in [6.07, 6.45) is 4.30. The maximum absolute atomic E-state index is 13.0. The number of aromatic nitrogens is 1. The highest BCUT2D eigenvalue weighted by molar-refractivity contribution is 7.89. The second kappa shape index (κ2) is 13.6. The van der Waals surface area contributed by atoms with Gasteiger partial charge in [0.1, 0.15) is 22.0 Å². The highest BCUT2D eigenvalue weighted by atomic mass is 32.2. The zero-order valence-electron chi connectivity index (χ0n) is 25.6. The van der Waals surface area contributed by atoms with Crippen molar-refractivity contribution >= 4 is 43.8 Å². The number of sulfonamides is 1. The zero-order valence-corrected chi connectivity index (χ0v) is 26.4. The molecule has 244 valence electrons. The van der Waals surface area contributed by atoms with E-state index in [0.29, 0.717) is 47.0 Å². The first-order valence-electron chi connectivity index (χ1n) is 15.3. The van der Waals surface area contributed by atoms with Gasteiger partial charge < -0.3 is 19.9 Å². The molecule has 0 saturated heterocycles. The summed E-state index contributed by atoms with van der Waals surface area (Å²) >= 11 is 0. The van der Waals surface area contributed by atoms with Gasteiger partial charge in [-0.25, -0.2) is 17.9 Å². The number of phenols is 1. The number of phenolic OH excluding ortho intramolecular Hbond substituents is 1. The number of rotatable bonds is 12. The number of hydrogen-bond acceptors (Lipinski definition) is 8. The molecular formula is C36H31N3O8S. The van der Waals surface area contributed by atoms with Crippen LogP contribution in [-0.2, 0) is 10.0 Å². The van der Waals surface area contributed by atoms with Crippen molar-refractivity contribution in [3.8, 4) is 28.2 Å². The number of aromatic hydroxyl groups is 1. The van der Waals surface area contributed by atoms with E-state index in [4.69, 9.17) is 4.42 Å². The molecule has 1 aromatic heterocycles. The summed E-state index contributed by atoms with van der Waals surface area (Å²) in [6.45, 7) is 0.619. The van der Waals surface area contributed by atoms with Crippen LogP contribution in [0.25, 0.3) is 44.3 Å². The summed E-state index contributed by atoms with van der Waals surface area (Å²) in [5, 5.41) is 24.3. The van der Waals surface area contributed by atoms with E-state index in [9.17, 15) is 33.0 Å². The monoisotopic (exact) mass is 665 g/mol. The fourth-order valence-corrected chi connectivity index (χ4v) is 6.97. The van der Waals surface area contributed by atoms with Crippen LogP contribution in [0.15, 0.2) is 105 Å². The highest BCUT2D eigenvalue weighted by Crippen LogP contribution is 2.42. The van der Waals surface area contributed by atoms with Crippen LogP contribution in [0.4, 0.5) is 0 Å². The molecule has 0 unspecified atom stereocenters. The molecule has 1 amide bonds. The molecule has 4 aromatic rings. The molecule has 0 radical (unpaired) electrons. The van der Waals surface area contributed by atoms with Crippen LogP contribution in [0.1, 0.15) is 46.4 Å². The Bertz CT molecular complexity index is 2310. The molecule has 11 nitrogen and oxygen atoms in total. The third-order valence-corrected chi connectivity index (χ3v) is 9.52. The van der Waals surface area contributed by atoms with Gasteiger partial charge in [0.15, 0.2) is 5.43 Å². The van der Waals surface area contributed by atoms with Gasteiger partial charge in [-0.2, -0.15) is 0 Å². The van der Waals surface area contributed by atoms with E-state index in [1.165, 1.54) is 36.4 Å². The predicted molar refractivity (Wildman–Crippen MR) is 181 cm³/mol. The molecule has 0 bridgehead atoms. The van der Waals surface area contributed by atoms with Crippen LogP contribution in [0.2, 0.25) is 0 Å². The van der Waals surface area contributed by atoms with Crippen molar-refractivity contribution < 1.29 is 32.6 Å². The number of pyridine rings is 1. The molecule has 1 aliphatic carbocycles. The number of nitrogens with zero attached hydrogens (tertiary/aromatic N) is 1. The van der Waals surface area contributed by atoms with E-state index < -0.39 is 21.9 Å². The molecule has 0 spiro atoms.